The van der Waals surface area contributed by atoms with Crippen LogP contribution >= 0.6 is 11.6 Å². The normalized spacial score (nSPS) is 31.2. The molecule has 28 heavy (non-hydrogen) atoms. The van der Waals surface area contributed by atoms with Crippen molar-refractivity contribution in [2.45, 2.75) is 19.3 Å². The lowest BCUT2D eigenvalue weighted by Crippen LogP contribution is -2.33. The first-order valence-corrected chi connectivity index (χ1v) is 10.8. The van der Waals surface area contributed by atoms with Gasteiger partial charge in [0.05, 0.1) is 29.5 Å². The lowest BCUT2D eigenvalue weighted by Gasteiger charge is -2.23. The van der Waals surface area contributed by atoms with Gasteiger partial charge in [-0.05, 0) is 49.0 Å². The number of hydrogen-bond donors (Lipinski definition) is 2. The summed E-state index contributed by atoms with van der Waals surface area (Å²) in [5, 5.41) is 3.55. The van der Waals surface area contributed by atoms with E-state index in [1.165, 1.54) is 13.0 Å². The Morgan fingerprint density at radius 3 is 2.89 bits per heavy atom. The highest BCUT2D eigenvalue weighted by molar-refractivity contribution is 6.33. The first kappa shape index (κ1) is 18.5. The number of fused-ring (bicyclic) bond motifs is 2. The van der Waals surface area contributed by atoms with Crippen LogP contribution in [0.1, 0.15) is 28.8 Å². The fourth-order valence-electron chi connectivity index (χ4n) is 5.29. The molecule has 2 unspecified atom stereocenters. The zero-order valence-corrected chi connectivity index (χ0v) is 16.8. The van der Waals surface area contributed by atoms with E-state index in [-0.39, 0.29) is 5.91 Å². The average molecular weight is 406 g/mol. The van der Waals surface area contributed by atoms with Gasteiger partial charge in [-0.15, -0.1) is 0 Å². The van der Waals surface area contributed by atoms with Crippen molar-refractivity contribution in [2.24, 2.45) is 23.7 Å². The second-order valence-electron chi connectivity index (χ2n) is 8.73. The Balaban J connectivity index is 1.16. The van der Waals surface area contributed by atoms with Crippen LogP contribution in [0.4, 0.5) is 5.69 Å². The summed E-state index contributed by atoms with van der Waals surface area (Å²) in [6, 6.07) is 1.65. The fraction of sp³-hybridized carbons (Fsp3) is 0.667. The summed E-state index contributed by atoms with van der Waals surface area (Å²) in [5.74, 6) is 3.26. The summed E-state index contributed by atoms with van der Waals surface area (Å²) in [7, 11) is 0. The molecule has 2 saturated heterocycles. The lowest BCUT2D eigenvalue weighted by atomic mass is 9.99. The van der Waals surface area contributed by atoms with E-state index in [2.05, 4.69) is 10.2 Å². The fourth-order valence-corrected chi connectivity index (χ4v) is 5.51. The van der Waals surface area contributed by atoms with E-state index >= 15 is 0 Å². The number of hydrogen-bond acceptors (Lipinski definition) is 5. The molecule has 7 heteroatoms. The molecule has 0 aromatic heterocycles. The Bertz CT molecular complexity index is 769. The molecule has 3 aliphatic heterocycles. The molecule has 1 amide bonds. The number of ether oxygens (including phenoxy) is 2. The van der Waals surface area contributed by atoms with Gasteiger partial charge in [0.15, 0.2) is 0 Å². The Labute approximate surface area is 170 Å². The van der Waals surface area contributed by atoms with E-state index in [1.807, 2.05) is 0 Å². The lowest BCUT2D eigenvalue weighted by molar-refractivity contribution is 0.0944. The predicted molar refractivity (Wildman–Crippen MR) is 108 cm³/mol. The zero-order valence-electron chi connectivity index (χ0n) is 16.1. The van der Waals surface area contributed by atoms with Crippen molar-refractivity contribution in [3.63, 3.8) is 0 Å². The van der Waals surface area contributed by atoms with Gasteiger partial charge in [0.25, 0.3) is 5.91 Å². The Hall–Kier alpha value is -1.50. The number of nitrogens with two attached hydrogens (primary N) is 1. The summed E-state index contributed by atoms with van der Waals surface area (Å²) in [4.78, 5) is 15.4. The molecule has 0 bridgehead atoms. The van der Waals surface area contributed by atoms with Crippen LogP contribution < -0.4 is 15.8 Å². The van der Waals surface area contributed by atoms with Crippen LogP contribution in [0.3, 0.4) is 0 Å². The number of benzene rings is 1. The maximum absolute atomic E-state index is 12.8. The van der Waals surface area contributed by atoms with Crippen molar-refractivity contribution in [1.29, 1.82) is 0 Å². The van der Waals surface area contributed by atoms with Gasteiger partial charge in [-0.3, -0.25) is 4.79 Å². The van der Waals surface area contributed by atoms with Crippen LogP contribution in [0.15, 0.2) is 6.07 Å². The van der Waals surface area contributed by atoms with Gasteiger partial charge in [-0.25, -0.2) is 0 Å². The molecular weight excluding hydrogens is 378 g/mol. The molecule has 0 spiro atoms. The van der Waals surface area contributed by atoms with Gasteiger partial charge in [0.1, 0.15) is 5.75 Å². The summed E-state index contributed by atoms with van der Waals surface area (Å²) >= 11 is 6.26. The number of halogens is 1. The van der Waals surface area contributed by atoms with Crippen molar-refractivity contribution < 1.29 is 14.3 Å². The molecule has 1 aromatic rings. The van der Waals surface area contributed by atoms with Gasteiger partial charge in [-0.1, -0.05) is 11.6 Å². The van der Waals surface area contributed by atoms with Gasteiger partial charge < -0.3 is 25.4 Å². The monoisotopic (exact) mass is 405 g/mol. The number of carbonyl (C=O) groups excluding carboxylic acids is 1. The molecule has 1 aliphatic carbocycles. The number of carbonyl (C=O) groups is 1. The summed E-state index contributed by atoms with van der Waals surface area (Å²) in [6.45, 7) is 6.67. The van der Waals surface area contributed by atoms with Crippen molar-refractivity contribution in [1.82, 2.24) is 10.2 Å². The Kier molecular flexibility index (Phi) is 4.89. The molecule has 3 N–H and O–H groups in total. The summed E-state index contributed by atoms with van der Waals surface area (Å²) in [6.07, 6.45) is 2.89. The number of nitrogens with one attached hydrogen (secondary N) is 1. The van der Waals surface area contributed by atoms with Crippen LogP contribution in [0, 0.1) is 23.7 Å². The number of nitrogens with zero attached hydrogens (tertiary/aromatic N) is 1. The average Bonchev–Trinajstić information content (AvgIpc) is 3.08. The molecule has 5 rings (SSSR count). The van der Waals surface area contributed by atoms with E-state index < -0.39 is 0 Å². The largest absolute Gasteiger partial charge is 0.492 e. The molecule has 4 atom stereocenters. The highest BCUT2D eigenvalue weighted by Gasteiger charge is 2.55. The molecule has 3 fully saturated rings. The van der Waals surface area contributed by atoms with Crippen LogP contribution in [0.2, 0.25) is 5.02 Å². The minimum Gasteiger partial charge on any atom is -0.492 e. The standard InChI is InChI=1S/C21H28ClN3O3/c22-18-6-14(20-13(19(18)23)2-1-4-28-20)21(26)24-7-15-16-9-25(10-17(15)16)8-12-3-5-27-11-12/h6,12,15-17H,1-5,7-11,23H2,(H,24,26)/t12?,15?,16-,17+. The third-order valence-electron chi connectivity index (χ3n) is 6.92. The second kappa shape index (κ2) is 7.39. The van der Waals surface area contributed by atoms with Crippen molar-refractivity contribution in [2.75, 3.05) is 51.7 Å². The van der Waals surface area contributed by atoms with E-state index in [0.29, 0.717) is 40.5 Å². The second-order valence-corrected chi connectivity index (χ2v) is 9.14. The van der Waals surface area contributed by atoms with Gasteiger partial charge in [-0.2, -0.15) is 0 Å². The maximum atomic E-state index is 12.8. The SMILES string of the molecule is Nc1c(Cl)cc(C(=O)NCC2[C@H]3CN(CC4CCOC4)C[C@@H]23)c2c1CCCO2. The van der Waals surface area contributed by atoms with Crippen LogP contribution in [-0.4, -0.2) is 56.8 Å². The van der Waals surface area contributed by atoms with Gasteiger partial charge >= 0.3 is 0 Å². The molecule has 4 aliphatic rings. The van der Waals surface area contributed by atoms with Crippen molar-refractivity contribution in [3.8, 4) is 5.75 Å². The van der Waals surface area contributed by atoms with E-state index in [0.717, 1.165) is 63.1 Å². The molecule has 6 nitrogen and oxygen atoms in total. The summed E-state index contributed by atoms with van der Waals surface area (Å²) in [5.41, 5.74) is 8.01. The van der Waals surface area contributed by atoms with Crippen molar-refractivity contribution >= 4 is 23.2 Å². The topological polar surface area (TPSA) is 76.8 Å². The quantitative estimate of drug-likeness (QED) is 0.734. The molecule has 1 aromatic carbocycles. The molecule has 0 radical (unpaired) electrons. The summed E-state index contributed by atoms with van der Waals surface area (Å²) < 4.78 is 11.3. The minimum absolute atomic E-state index is 0.106. The van der Waals surface area contributed by atoms with E-state index in [4.69, 9.17) is 26.8 Å². The van der Waals surface area contributed by atoms with E-state index in [9.17, 15) is 4.79 Å². The minimum atomic E-state index is -0.106. The Morgan fingerprint density at radius 1 is 1.32 bits per heavy atom. The smallest absolute Gasteiger partial charge is 0.255 e. The number of likely N-dealkylation sites (tertiary alicyclic amines) is 1. The zero-order chi connectivity index (χ0) is 19.3. The molecular formula is C21H28ClN3O3. The number of piperidine rings is 1. The third kappa shape index (κ3) is 3.36. The van der Waals surface area contributed by atoms with Crippen LogP contribution in [-0.2, 0) is 11.2 Å². The third-order valence-corrected chi connectivity index (χ3v) is 7.23. The highest BCUT2D eigenvalue weighted by atomic mass is 35.5. The van der Waals surface area contributed by atoms with Gasteiger partial charge in [0, 0.05) is 38.3 Å². The molecule has 152 valence electrons. The maximum Gasteiger partial charge on any atom is 0.255 e. The number of rotatable bonds is 5. The number of amides is 1. The predicted octanol–water partition coefficient (Wildman–Crippen LogP) is 2.19. The molecule has 3 heterocycles. The first-order chi connectivity index (χ1) is 13.6. The number of anilines is 1. The highest BCUT2D eigenvalue weighted by Crippen LogP contribution is 2.51. The van der Waals surface area contributed by atoms with Crippen LogP contribution in [0.5, 0.6) is 5.75 Å². The Morgan fingerprint density at radius 2 is 2.14 bits per heavy atom. The molecule has 1 saturated carbocycles. The first-order valence-electron chi connectivity index (χ1n) is 10.4. The van der Waals surface area contributed by atoms with Crippen LogP contribution in [0.25, 0.3) is 0 Å². The van der Waals surface area contributed by atoms with Crippen molar-refractivity contribution in [3.05, 3.63) is 22.2 Å². The van der Waals surface area contributed by atoms with Gasteiger partial charge in [0.2, 0.25) is 0 Å². The number of nitrogen functional groups attached to an aromatic ring is 1. The van der Waals surface area contributed by atoms with E-state index in [1.54, 1.807) is 6.07 Å².